The van der Waals surface area contributed by atoms with Gasteiger partial charge in [0.05, 0.1) is 0 Å². The summed E-state index contributed by atoms with van der Waals surface area (Å²) in [5.41, 5.74) is 0. The van der Waals surface area contributed by atoms with Crippen LogP contribution in [0.1, 0.15) is 51.9 Å². The first-order chi connectivity index (χ1) is 4.91. The molecular weight excluding hydrogens is 148 g/mol. The van der Waals surface area contributed by atoms with Gasteiger partial charge in [0.1, 0.15) is 0 Å². The van der Waals surface area contributed by atoms with E-state index in [0.717, 1.165) is 0 Å². The lowest BCUT2D eigenvalue weighted by Gasteiger charge is -1.96. The molecule has 0 spiro atoms. The molecule has 0 aliphatic heterocycles. The molecule has 12 heavy (non-hydrogen) atoms. The fraction of sp³-hybridized carbons (Fsp3) is 0.800. The molecule has 2 heteroatoms. The molecule has 0 amide bonds. The Balaban J connectivity index is -0.000000405. The maximum absolute atomic E-state index is 3.69. The second-order valence-electron chi connectivity index (χ2n) is 2.85. The maximum atomic E-state index is 3.69. The lowest BCUT2D eigenvalue weighted by molar-refractivity contribution is 0.611. The fourth-order valence-corrected chi connectivity index (χ4v) is 1.07. The number of unbranched alkanes of at least 4 members (excludes halogenated alkanes) is 6. The highest BCUT2D eigenvalue weighted by Crippen LogP contribution is 2.06. The largest absolute Gasteiger partial charge is 0.344 e. The molecule has 0 heterocycles. The molecular formula is C10H26N2. The number of allylic oxidation sites excluding steroid dienone is 1. The Morgan fingerprint density at radius 3 is 1.92 bits per heavy atom. The summed E-state index contributed by atoms with van der Waals surface area (Å²) in [4.78, 5) is 0. The molecule has 0 aliphatic carbocycles. The topological polar surface area (TPSA) is 70.0 Å². The van der Waals surface area contributed by atoms with E-state index >= 15 is 0 Å². The van der Waals surface area contributed by atoms with E-state index in [1.807, 2.05) is 6.08 Å². The Labute approximate surface area is 77.6 Å². The SMILES string of the molecule is C=CCCCCCCCC.N.N. The Hall–Kier alpha value is -0.340. The summed E-state index contributed by atoms with van der Waals surface area (Å²) >= 11 is 0. The van der Waals surface area contributed by atoms with Crippen LogP contribution >= 0.6 is 0 Å². The number of rotatable bonds is 7. The summed E-state index contributed by atoms with van der Waals surface area (Å²) in [5, 5.41) is 0. The van der Waals surface area contributed by atoms with Crippen molar-refractivity contribution >= 4 is 0 Å². The van der Waals surface area contributed by atoms with Gasteiger partial charge in [0.2, 0.25) is 0 Å². The van der Waals surface area contributed by atoms with Crippen LogP contribution in [-0.2, 0) is 0 Å². The Morgan fingerprint density at radius 2 is 1.42 bits per heavy atom. The third-order valence-electron chi connectivity index (χ3n) is 1.76. The predicted octanol–water partition coefficient (Wildman–Crippen LogP) is 4.25. The zero-order chi connectivity index (χ0) is 7.66. The van der Waals surface area contributed by atoms with Gasteiger partial charge >= 0.3 is 0 Å². The highest BCUT2D eigenvalue weighted by Gasteiger charge is 1.86. The normalized spacial score (nSPS) is 8.08. The molecule has 0 saturated heterocycles. The monoisotopic (exact) mass is 174 g/mol. The predicted molar refractivity (Wildman–Crippen MR) is 58.2 cm³/mol. The average Bonchev–Trinajstić information content (AvgIpc) is 1.97. The molecule has 0 atom stereocenters. The average molecular weight is 174 g/mol. The molecule has 0 aromatic heterocycles. The Bertz CT molecular complexity index is 72.2. The van der Waals surface area contributed by atoms with Crippen molar-refractivity contribution in [3.05, 3.63) is 12.7 Å². The lowest BCUT2D eigenvalue weighted by atomic mass is 10.1. The van der Waals surface area contributed by atoms with Gasteiger partial charge in [-0.3, -0.25) is 0 Å². The first-order valence-corrected chi connectivity index (χ1v) is 4.52. The molecule has 0 aromatic rings. The highest BCUT2D eigenvalue weighted by atomic mass is 14.0. The molecule has 0 radical (unpaired) electrons. The highest BCUT2D eigenvalue weighted by molar-refractivity contribution is 4.65. The second-order valence-corrected chi connectivity index (χ2v) is 2.85. The van der Waals surface area contributed by atoms with Crippen LogP contribution in [-0.4, -0.2) is 0 Å². The van der Waals surface area contributed by atoms with Crippen molar-refractivity contribution < 1.29 is 0 Å². The van der Waals surface area contributed by atoms with Crippen LogP contribution in [0.2, 0.25) is 0 Å². The van der Waals surface area contributed by atoms with Gasteiger partial charge in [0.25, 0.3) is 0 Å². The van der Waals surface area contributed by atoms with Gasteiger partial charge in [-0.2, -0.15) is 0 Å². The minimum Gasteiger partial charge on any atom is -0.344 e. The van der Waals surface area contributed by atoms with Crippen LogP contribution in [0.25, 0.3) is 0 Å². The van der Waals surface area contributed by atoms with Gasteiger partial charge in [-0.05, 0) is 12.8 Å². The quantitative estimate of drug-likeness (QED) is 0.447. The zero-order valence-corrected chi connectivity index (χ0v) is 8.65. The van der Waals surface area contributed by atoms with Crippen molar-refractivity contribution in [2.45, 2.75) is 51.9 Å². The molecule has 0 bridgehead atoms. The van der Waals surface area contributed by atoms with Gasteiger partial charge in [-0.1, -0.05) is 45.1 Å². The molecule has 0 unspecified atom stereocenters. The van der Waals surface area contributed by atoms with Crippen LogP contribution in [0.15, 0.2) is 12.7 Å². The van der Waals surface area contributed by atoms with E-state index < -0.39 is 0 Å². The second kappa shape index (κ2) is 17.0. The van der Waals surface area contributed by atoms with E-state index in [2.05, 4.69) is 13.5 Å². The van der Waals surface area contributed by atoms with Crippen molar-refractivity contribution in [1.82, 2.24) is 12.3 Å². The van der Waals surface area contributed by atoms with E-state index in [0.29, 0.717) is 0 Å². The molecule has 0 rings (SSSR count). The lowest BCUT2D eigenvalue weighted by Crippen LogP contribution is -1.76. The van der Waals surface area contributed by atoms with Crippen LogP contribution < -0.4 is 12.3 Å². The van der Waals surface area contributed by atoms with Crippen LogP contribution in [0.3, 0.4) is 0 Å². The third kappa shape index (κ3) is 16.3. The van der Waals surface area contributed by atoms with E-state index in [1.54, 1.807) is 0 Å². The summed E-state index contributed by atoms with van der Waals surface area (Å²) in [5.74, 6) is 0. The van der Waals surface area contributed by atoms with Crippen molar-refractivity contribution in [2.75, 3.05) is 0 Å². The van der Waals surface area contributed by atoms with Gasteiger partial charge in [-0.15, -0.1) is 6.58 Å². The Kier molecular flexibility index (Phi) is 25.0. The summed E-state index contributed by atoms with van der Waals surface area (Å²) in [6.45, 7) is 5.95. The van der Waals surface area contributed by atoms with Crippen LogP contribution in [0, 0.1) is 0 Å². The zero-order valence-electron chi connectivity index (χ0n) is 8.65. The van der Waals surface area contributed by atoms with Crippen LogP contribution in [0.5, 0.6) is 0 Å². The molecule has 6 N–H and O–H groups in total. The van der Waals surface area contributed by atoms with Crippen molar-refractivity contribution in [3.63, 3.8) is 0 Å². The minimum atomic E-state index is 0. The first kappa shape index (κ1) is 17.7. The van der Waals surface area contributed by atoms with Gasteiger partial charge < -0.3 is 12.3 Å². The van der Waals surface area contributed by atoms with Crippen LogP contribution in [0.4, 0.5) is 0 Å². The summed E-state index contributed by atoms with van der Waals surface area (Å²) in [7, 11) is 0. The molecule has 76 valence electrons. The van der Waals surface area contributed by atoms with Gasteiger partial charge in [0.15, 0.2) is 0 Å². The maximum Gasteiger partial charge on any atom is -0.0353 e. The van der Waals surface area contributed by atoms with E-state index in [9.17, 15) is 0 Å². The first-order valence-electron chi connectivity index (χ1n) is 4.52. The molecule has 0 saturated carbocycles. The number of hydrogen-bond acceptors (Lipinski definition) is 2. The van der Waals surface area contributed by atoms with Crippen molar-refractivity contribution in [1.29, 1.82) is 0 Å². The molecule has 0 aliphatic rings. The fourth-order valence-electron chi connectivity index (χ4n) is 1.07. The third-order valence-corrected chi connectivity index (χ3v) is 1.76. The van der Waals surface area contributed by atoms with Gasteiger partial charge in [0, 0.05) is 0 Å². The van der Waals surface area contributed by atoms with Gasteiger partial charge in [-0.25, -0.2) is 0 Å². The smallest absolute Gasteiger partial charge is 0.0353 e. The van der Waals surface area contributed by atoms with Crippen molar-refractivity contribution in [2.24, 2.45) is 0 Å². The standard InChI is InChI=1S/C10H20.2H3N/c1-3-5-7-9-10-8-6-4-2;;/h3H,1,4-10H2,2H3;2*1H3. The summed E-state index contributed by atoms with van der Waals surface area (Å²) in [6, 6.07) is 0. The Morgan fingerprint density at radius 1 is 0.917 bits per heavy atom. The molecule has 0 fully saturated rings. The number of hydrogen-bond donors (Lipinski definition) is 2. The molecule has 0 aromatic carbocycles. The summed E-state index contributed by atoms with van der Waals surface area (Å²) in [6.07, 6.45) is 11.6. The summed E-state index contributed by atoms with van der Waals surface area (Å²) < 4.78 is 0. The van der Waals surface area contributed by atoms with E-state index in [4.69, 9.17) is 0 Å². The minimum absolute atomic E-state index is 0. The van der Waals surface area contributed by atoms with E-state index in [-0.39, 0.29) is 12.3 Å². The van der Waals surface area contributed by atoms with Crippen molar-refractivity contribution in [3.8, 4) is 0 Å². The van der Waals surface area contributed by atoms with E-state index in [1.165, 1.54) is 44.9 Å². The molecule has 2 nitrogen and oxygen atoms in total.